The molecule has 5 aromatic rings. The third-order valence-corrected chi connectivity index (χ3v) is 9.88. The minimum atomic E-state index is -1.02. The number of methoxy groups -OCH3 is 2. The number of nitrogens with one attached hydrogen (secondary N) is 1. The number of benzene rings is 2. The maximum atomic E-state index is 13.1. The van der Waals surface area contributed by atoms with E-state index in [1.54, 1.807) is 49.0 Å². The summed E-state index contributed by atoms with van der Waals surface area (Å²) in [6.45, 7) is 2.12. The number of likely N-dealkylation sites (N-methyl/N-ethyl adjacent to an activating group) is 1. The Kier molecular flexibility index (Phi) is 10.4. The number of ether oxygens (including phenoxy) is 3. The average Bonchev–Trinajstić information content (AvgIpc) is 3.74. The summed E-state index contributed by atoms with van der Waals surface area (Å²) in [7, 11) is 6.99. The molecule has 1 atom stereocenters. The van der Waals surface area contributed by atoms with Crippen LogP contribution in [0.2, 0.25) is 0 Å². The molecule has 0 spiro atoms. The van der Waals surface area contributed by atoms with Crippen LogP contribution in [-0.2, 0) is 36.1 Å². The molecule has 2 aromatic carbocycles. The lowest BCUT2D eigenvalue weighted by Gasteiger charge is -2.27. The highest BCUT2D eigenvalue weighted by molar-refractivity contribution is 6.23. The SMILES string of the molecule is COc1cc(-c2cn(C)c(=O)c3cnccc23)cc(OC)c1CN(C)CCc1cn(CCCOc2ccc3c(c2)C(=O)N(C2CCC(=O)NC2=O)C3=O)nn1. The van der Waals surface area contributed by atoms with Crippen molar-refractivity contribution in [3.8, 4) is 28.4 Å². The van der Waals surface area contributed by atoms with Gasteiger partial charge in [-0.2, -0.15) is 0 Å². The number of piperidine rings is 1. The van der Waals surface area contributed by atoms with Gasteiger partial charge in [0.15, 0.2) is 0 Å². The number of nitrogens with zero attached hydrogens (tertiary/aromatic N) is 7. The quantitative estimate of drug-likeness (QED) is 0.130. The number of rotatable bonds is 14. The summed E-state index contributed by atoms with van der Waals surface area (Å²) in [6.07, 6.45) is 8.39. The number of carbonyl (C=O) groups is 4. The number of aromatic nitrogens is 5. The maximum absolute atomic E-state index is 13.1. The van der Waals surface area contributed by atoms with Crippen LogP contribution in [0.1, 0.15) is 51.2 Å². The molecule has 2 aliphatic rings. The molecule has 284 valence electrons. The zero-order chi connectivity index (χ0) is 38.8. The lowest BCUT2D eigenvalue weighted by atomic mass is 9.99. The fourth-order valence-corrected chi connectivity index (χ4v) is 7.01. The zero-order valence-electron chi connectivity index (χ0n) is 30.9. The van der Waals surface area contributed by atoms with Gasteiger partial charge in [0.05, 0.1) is 48.6 Å². The minimum absolute atomic E-state index is 0.0578. The number of imide groups is 2. The molecule has 0 aliphatic carbocycles. The normalized spacial score (nSPS) is 15.5. The first-order chi connectivity index (χ1) is 26.6. The Morgan fingerprint density at radius 1 is 0.927 bits per heavy atom. The highest BCUT2D eigenvalue weighted by Gasteiger charge is 2.44. The average molecular weight is 749 g/mol. The van der Waals surface area contributed by atoms with E-state index in [9.17, 15) is 24.0 Å². The first-order valence-electron chi connectivity index (χ1n) is 17.8. The second-order valence-electron chi connectivity index (χ2n) is 13.6. The molecule has 55 heavy (non-hydrogen) atoms. The van der Waals surface area contributed by atoms with Crippen molar-refractivity contribution in [2.45, 2.75) is 44.8 Å². The van der Waals surface area contributed by atoms with Crippen LogP contribution >= 0.6 is 0 Å². The predicted molar refractivity (Wildman–Crippen MR) is 199 cm³/mol. The molecular formula is C39H40N8O8. The standard InChI is InChI=1S/C39H40N8O8/c1-44(21-31-33(53-3)16-23(17-34(31)54-4)30-22-45(2)37(50)29-19-40-12-10-26(29)30)14-11-24-20-46(43-42-24)13-5-15-55-25-6-7-27-28(18-25)39(52)47(38(27)51)32-8-9-35(48)41-36(32)49/h6-7,10,12,16-20,22,32H,5,8-9,11,13-15,21H2,1-4H3,(H,41,48,49). The number of amides is 4. The second-order valence-corrected chi connectivity index (χ2v) is 13.6. The number of carbonyl (C=O) groups excluding carboxylic acids is 4. The van der Waals surface area contributed by atoms with Crippen LogP contribution in [-0.4, -0.2) is 98.4 Å². The van der Waals surface area contributed by atoms with Crippen LogP contribution in [0.5, 0.6) is 17.2 Å². The van der Waals surface area contributed by atoms with Crippen LogP contribution in [0.25, 0.3) is 21.9 Å². The van der Waals surface area contributed by atoms with Crippen molar-refractivity contribution in [2.75, 3.05) is 34.4 Å². The van der Waals surface area contributed by atoms with Gasteiger partial charge in [0.2, 0.25) is 11.8 Å². The Balaban J connectivity index is 0.919. The van der Waals surface area contributed by atoms with Gasteiger partial charge in [0.25, 0.3) is 17.4 Å². The van der Waals surface area contributed by atoms with Crippen LogP contribution in [0.3, 0.4) is 0 Å². The summed E-state index contributed by atoms with van der Waals surface area (Å²) in [5.41, 5.74) is 3.69. The fraction of sp³-hybridized carbons (Fsp3) is 0.333. The van der Waals surface area contributed by atoms with Crippen LogP contribution in [0.15, 0.2) is 66.0 Å². The van der Waals surface area contributed by atoms with Crippen molar-refractivity contribution < 1.29 is 33.4 Å². The Morgan fingerprint density at radius 2 is 1.69 bits per heavy atom. The lowest BCUT2D eigenvalue weighted by molar-refractivity contribution is -0.136. The fourth-order valence-electron chi connectivity index (χ4n) is 7.01. The van der Waals surface area contributed by atoms with E-state index in [0.717, 1.165) is 32.7 Å². The zero-order valence-corrected chi connectivity index (χ0v) is 30.9. The van der Waals surface area contributed by atoms with Crippen molar-refractivity contribution >= 4 is 34.4 Å². The Hall–Kier alpha value is -6.42. The molecule has 5 heterocycles. The van der Waals surface area contributed by atoms with E-state index in [2.05, 4.69) is 25.5 Å². The largest absolute Gasteiger partial charge is 0.496 e. The van der Waals surface area contributed by atoms with E-state index in [1.165, 1.54) is 12.1 Å². The van der Waals surface area contributed by atoms with E-state index >= 15 is 0 Å². The second kappa shape index (κ2) is 15.5. The molecule has 0 saturated carbocycles. The molecule has 1 fully saturated rings. The minimum Gasteiger partial charge on any atom is -0.496 e. The van der Waals surface area contributed by atoms with Gasteiger partial charge in [-0.3, -0.25) is 43.9 Å². The third-order valence-electron chi connectivity index (χ3n) is 9.88. The maximum Gasteiger partial charge on any atom is 0.262 e. The van der Waals surface area contributed by atoms with Crippen molar-refractivity contribution in [3.05, 3.63) is 93.9 Å². The Bertz CT molecular complexity index is 2360. The van der Waals surface area contributed by atoms with Gasteiger partial charge in [-0.15, -0.1) is 5.10 Å². The number of pyridine rings is 2. The number of hydrogen-bond acceptors (Lipinski definition) is 12. The van der Waals surface area contributed by atoms with Crippen LogP contribution in [0, 0.1) is 0 Å². The molecule has 16 heteroatoms. The van der Waals surface area contributed by atoms with Gasteiger partial charge >= 0.3 is 0 Å². The third kappa shape index (κ3) is 7.40. The summed E-state index contributed by atoms with van der Waals surface area (Å²) >= 11 is 0. The Morgan fingerprint density at radius 3 is 2.44 bits per heavy atom. The van der Waals surface area contributed by atoms with Gasteiger partial charge in [-0.1, -0.05) is 5.21 Å². The number of hydrogen-bond donors (Lipinski definition) is 1. The van der Waals surface area contributed by atoms with Crippen molar-refractivity contribution in [2.24, 2.45) is 7.05 Å². The van der Waals surface area contributed by atoms with Crippen molar-refractivity contribution in [3.63, 3.8) is 0 Å². The monoisotopic (exact) mass is 748 g/mol. The molecule has 4 amide bonds. The topological polar surface area (TPSA) is 180 Å². The van der Waals surface area contributed by atoms with E-state index in [-0.39, 0.29) is 29.5 Å². The summed E-state index contributed by atoms with van der Waals surface area (Å²) in [6, 6.07) is 9.39. The van der Waals surface area contributed by atoms with Crippen LogP contribution in [0.4, 0.5) is 0 Å². The van der Waals surface area contributed by atoms with Crippen molar-refractivity contribution in [1.29, 1.82) is 0 Å². The molecule has 1 saturated heterocycles. The van der Waals surface area contributed by atoms with Gasteiger partial charge in [0, 0.05) is 76.3 Å². The number of fused-ring (bicyclic) bond motifs is 2. The van der Waals surface area contributed by atoms with E-state index < -0.39 is 29.7 Å². The van der Waals surface area contributed by atoms with E-state index in [4.69, 9.17) is 14.2 Å². The summed E-state index contributed by atoms with van der Waals surface area (Å²) in [5, 5.41) is 12.1. The molecular weight excluding hydrogens is 708 g/mol. The predicted octanol–water partition coefficient (Wildman–Crippen LogP) is 2.75. The van der Waals surface area contributed by atoms with E-state index in [0.29, 0.717) is 61.7 Å². The molecule has 7 rings (SSSR count). The van der Waals surface area contributed by atoms with Gasteiger partial charge in [-0.25, -0.2) is 0 Å². The molecule has 0 radical (unpaired) electrons. The van der Waals surface area contributed by atoms with Crippen LogP contribution < -0.4 is 25.1 Å². The first-order valence-corrected chi connectivity index (χ1v) is 17.8. The lowest BCUT2D eigenvalue weighted by Crippen LogP contribution is -2.54. The van der Waals surface area contributed by atoms with Crippen molar-refractivity contribution in [1.82, 2.24) is 39.7 Å². The smallest absolute Gasteiger partial charge is 0.262 e. The van der Waals surface area contributed by atoms with Gasteiger partial charge < -0.3 is 23.7 Å². The van der Waals surface area contributed by atoms with E-state index in [1.807, 2.05) is 37.6 Å². The summed E-state index contributed by atoms with van der Waals surface area (Å²) in [5.74, 6) is -0.459. The van der Waals surface area contributed by atoms with Gasteiger partial charge in [-0.05, 0) is 60.8 Å². The van der Waals surface area contributed by atoms with Gasteiger partial charge in [0.1, 0.15) is 23.3 Å². The Labute approximate surface area is 315 Å². The highest BCUT2D eigenvalue weighted by Crippen LogP contribution is 2.38. The molecule has 0 bridgehead atoms. The highest BCUT2D eigenvalue weighted by atomic mass is 16.5. The molecule has 1 unspecified atom stereocenters. The molecule has 2 aliphatic heterocycles. The summed E-state index contributed by atoms with van der Waals surface area (Å²) in [4.78, 5) is 69.9. The molecule has 1 N–H and O–H groups in total. The molecule has 16 nitrogen and oxygen atoms in total. The first kappa shape index (κ1) is 36.9. The summed E-state index contributed by atoms with van der Waals surface area (Å²) < 4.78 is 20.9. The number of aryl methyl sites for hydroxylation is 2. The molecule has 3 aromatic heterocycles.